The van der Waals surface area contributed by atoms with Crippen LogP contribution in [0.25, 0.3) is 0 Å². The molecule has 1 aliphatic heterocycles. The number of H-pyrrole nitrogens is 1. The number of aromatic amines is 1. The number of nitrogens with zero attached hydrogens (tertiary/aromatic N) is 2. The largest absolute Gasteiger partial charge is 0.378 e. The highest BCUT2D eigenvalue weighted by atomic mass is 32.2. The molecule has 1 saturated heterocycles. The van der Waals surface area contributed by atoms with Crippen molar-refractivity contribution in [1.29, 1.82) is 0 Å². The molecule has 0 amide bonds. The zero-order valence-electron chi connectivity index (χ0n) is 15.8. The van der Waals surface area contributed by atoms with Crippen LogP contribution in [0, 0.1) is 0 Å². The number of hydrogen-bond donors (Lipinski definition) is 1. The van der Waals surface area contributed by atoms with Gasteiger partial charge < -0.3 is 9.72 Å². The average molecular weight is 378 g/mol. The van der Waals surface area contributed by atoms with E-state index in [4.69, 9.17) is 4.74 Å². The highest BCUT2D eigenvalue weighted by Gasteiger charge is 2.28. The third-order valence-electron chi connectivity index (χ3n) is 4.70. The van der Waals surface area contributed by atoms with Crippen molar-refractivity contribution in [2.24, 2.45) is 0 Å². The monoisotopic (exact) mass is 377 g/mol. The molecule has 0 saturated carbocycles. The van der Waals surface area contributed by atoms with Crippen molar-refractivity contribution in [2.45, 2.75) is 43.7 Å². The predicted octanol–water partition coefficient (Wildman–Crippen LogP) is 2.68. The fourth-order valence-corrected chi connectivity index (χ4v) is 3.67. The highest BCUT2D eigenvalue weighted by molar-refractivity contribution is 7.90. The Morgan fingerprint density at radius 1 is 1.27 bits per heavy atom. The number of rotatable bonds is 4. The summed E-state index contributed by atoms with van der Waals surface area (Å²) in [5.74, 6) is 0.919. The molecule has 1 unspecified atom stereocenters. The molecule has 142 valence electrons. The molecule has 1 fully saturated rings. The normalized spacial score (nSPS) is 19.6. The van der Waals surface area contributed by atoms with Gasteiger partial charge in [-0.25, -0.2) is 13.4 Å². The van der Waals surface area contributed by atoms with Crippen molar-refractivity contribution in [3.63, 3.8) is 0 Å². The van der Waals surface area contributed by atoms with Crippen molar-refractivity contribution < 1.29 is 13.2 Å². The van der Waals surface area contributed by atoms with Crippen LogP contribution in [0.1, 0.15) is 43.9 Å². The summed E-state index contributed by atoms with van der Waals surface area (Å²) >= 11 is 0. The average Bonchev–Trinajstić information content (AvgIpc) is 3.05. The molecule has 1 aromatic carbocycles. The van der Waals surface area contributed by atoms with Crippen LogP contribution in [-0.2, 0) is 26.5 Å². The van der Waals surface area contributed by atoms with Crippen molar-refractivity contribution in [3.8, 4) is 0 Å². The fraction of sp³-hybridized carbons (Fsp3) is 0.526. The standard InChI is InChI=1S/C19H27N3O3S/c1-19(2,3)17-11-20-18(21-17)16-13-25-10-9-22(16)12-14-5-7-15(8-6-14)26(4,23)24/h5-8,11,16H,9-10,12-13H2,1-4H3,(H,20,21). The van der Waals surface area contributed by atoms with Crippen LogP contribution in [0.4, 0.5) is 0 Å². The van der Waals surface area contributed by atoms with Crippen LogP contribution in [0.3, 0.4) is 0 Å². The van der Waals surface area contributed by atoms with Gasteiger partial charge >= 0.3 is 0 Å². The van der Waals surface area contributed by atoms with Crippen molar-refractivity contribution >= 4 is 9.84 Å². The van der Waals surface area contributed by atoms with Crippen LogP contribution >= 0.6 is 0 Å². The quantitative estimate of drug-likeness (QED) is 0.887. The zero-order chi connectivity index (χ0) is 18.9. The predicted molar refractivity (Wildman–Crippen MR) is 101 cm³/mol. The zero-order valence-corrected chi connectivity index (χ0v) is 16.6. The lowest BCUT2D eigenvalue weighted by Gasteiger charge is -2.34. The molecule has 6 nitrogen and oxygen atoms in total. The lowest BCUT2D eigenvalue weighted by molar-refractivity contribution is -0.0157. The minimum atomic E-state index is -3.17. The molecule has 1 N–H and O–H groups in total. The number of imidazole rings is 1. The molecule has 26 heavy (non-hydrogen) atoms. The summed E-state index contributed by atoms with van der Waals surface area (Å²) in [4.78, 5) is 10.7. The Bertz CT molecular complexity index is 851. The van der Waals surface area contributed by atoms with Gasteiger partial charge in [-0.3, -0.25) is 4.90 Å². The SMILES string of the molecule is CC(C)(C)c1cnc(C2COCCN2Cc2ccc(S(C)(=O)=O)cc2)[nH]1. The molecule has 1 aliphatic rings. The number of hydrogen-bond acceptors (Lipinski definition) is 5. The van der Waals surface area contributed by atoms with Crippen LogP contribution in [0.15, 0.2) is 35.4 Å². The smallest absolute Gasteiger partial charge is 0.175 e. The van der Waals surface area contributed by atoms with Crippen LogP contribution in [0.2, 0.25) is 0 Å². The molecule has 0 bridgehead atoms. The maximum atomic E-state index is 11.6. The summed E-state index contributed by atoms with van der Waals surface area (Å²) in [5, 5.41) is 0. The lowest BCUT2D eigenvalue weighted by atomic mass is 9.93. The highest BCUT2D eigenvalue weighted by Crippen LogP contribution is 2.27. The first-order chi connectivity index (χ1) is 12.1. The van der Waals surface area contributed by atoms with E-state index < -0.39 is 9.84 Å². The fourth-order valence-electron chi connectivity index (χ4n) is 3.04. The molecule has 7 heteroatoms. The number of benzene rings is 1. The van der Waals surface area contributed by atoms with Crippen molar-refractivity contribution in [2.75, 3.05) is 26.0 Å². The molecule has 2 heterocycles. The number of nitrogens with one attached hydrogen (secondary N) is 1. The third kappa shape index (κ3) is 4.34. The first kappa shape index (κ1) is 19.1. The molecule has 2 aromatic rings. The van der Waals surface area contributed by atoms with E-state index in [9.17, 15) is 8.42 Å². The van der Waals surface area contributed by atoms with Gasteiger partial charge in [0.1, 0.15) is 5.82 Å². The third-order valence-corrected chi connectivity index (χ3v) is 5.82. The second kappa shape index (κ2) is 7.13. The van der Waals surface area contributed by atoms with E-state index >= 15 is 0 Å². The van der Waals surface area contributed by atoms with Crippen LogP contribution in [-0.4, -0.2) is 49.3 Å². The van der Waals surface area contributed by atoms with Crippen LogP contribution in [0.5, 0.6) is 0 Å². The second-order valence-corrected chi connectivity index (χ2v) is 9.93. The van der Waals surface area contributed by atoms with Crippen LogP contribution < -0.4 is 0 Å². The van der Waals surface area contributed by atoms with E-state index in [0.717, 1.165) is 30.2 Å². The number of aromatic nitrogens is 2. The summed E-state index contributed by atoms with van der Waals surface area (Å²) in [6.07, 6.45) is 3.13. The Morgan fingerprint density at radius 3 is 2.54 bits per heavy atom. The minimum absolute atomic E-state index is 0.0209. The van der Waals surface area contributed by atoms with E-state index in [1.165, 1.54) is 6.26 Å². The molecular weight excluding hydrogens is 350 g/mol. The Morgan fingerprint density at radius 2 is 1.96 bits per heavy atom. The van der Waals surface area contributed by atoms with E-state index in [-0.39, 0.29) is 11.5 Å². The molecule has 0 radical (unpaired) electrons. The molecule has 3 rings (SSSR count). The number of sulfone groups is 1. The Kier molecular flexibility index (Phi) is 5.23. The Labute approximate surface area is 155 Å². The van der Waals surface area contributed by atoms with Gasteiger partial charge in [-0.2, -0.15) is 0 Å². The molecule has 1 aromatic heterocycles. The van der Waals surface area contributed by atoms with Gasteiger partial charge in [-0.1, -0.05) is 32.9 Å². The summed E-state index contributed by atoms with van der Waals surface area (Å²) in [6.45, 7) is 9.28. The first-order valence-corrected chi connectivity index (χ1v) is 10.7. The lowest BCUT2D eigenvalue weighted by Crippen LogP contribution is -2.39. The summed E-state index contributed by atoms with van der Waals surface area (Å²) in [6, 6.07) is 7.17. The summed E-state index contributed by atoms with van der Waals surface area (Å²) in [5.41, 5.74) is 2.20. The maximum Gasteiger partial charge on any atom is 0.175 e. The first-order valence-electron chi connectivity index (χ1n) is 8.81. The number of ether oxygens (including phenoxy) is 1. The summed E-state index contributed by atoms with van der Waals surface area (Å²) in [7, 11) is -3.17. The van der Waals surface area contributed by atoms with Crippen molar-refractivity contribution in [1.82, 2.24) is 14.9 Å². The van der Waals surface area contributed by atoms with Crippen molar-refractivity contribution in [3.05, 3.63) is 47.5 Å². The maximum absolute atomic E-state index is 11.6. The van der Waals surface area contributed by atoms with Gasteiger partial charge in [0.05, 0.1) is 24.2 Å². The second-order valence-electron chi connectivity index (χ2n) is 7.91. The van der Waals surface area contributed by atoms with Gasteiger partial charge in [-0.05, 0) is 17.7 Å². The van der Waals surface area contributed by atoms with Gasteiger partial charge in [0.2, 0.25) is 0 Å². The van der Waals surface area contributed by atoms with Gasteiger partial charge in [-0.15, -0.1) is 0 Å². The van der Waals surface area contributed by atoms with E-state index in [2.05, 4.69) is 35.6 Å². The topological polar surface area (TPSA) is 75.3 Å². The van der Waals surface area contributed by atoms with Gasteiger partial charge in [0.25, 0.3) is 0 Å². The Balaban J connectivity index is 1.78. The molecule has 0 aliphatic carbocycles. The number of morpholine rings is 1. The van der Waals surface area contributed by atoms with Gasteiger partial charge in [0.15, 0.2) is 9.84 Å². The van der Waals surface area contributed by atoms with E-state index in [1.54, 1.807) is 12.1 Å². The molecular formula is C19H27N3O3S. The molecule has 1 atom stereocenters. The minimum Gasteiger partial charge on any atom is -0.378 e. The van der Waals surface area contributed by atoms with E-state index in [0.29, 0.717) is 18.1 Å². The summed E-state index contributed by atoms with van der Waals surface area (Å²) < 4.78 is 28.9. The Hall–Kier alpha value is -1.70. The van der Waals surface area contributed by atoms with E-state index in [1.807, 2.05) is 18.3 Å². The molecule has 0 spiro atoms. The van der Waals surface area contributed by atoms with Gasteiger partial charge in [0, 0.05) is 36.7 Å².